The van der Waals surface area contributed by atoms with E-state index in [2.05, 4.69) is 19.2 Å². The Morgan fingerprint density at radius 2 is 1.73 bits per heavy atom. The lowest BCUT2D eigenvalue weighted by molar-refractivity contribution is 0.442. The second-order valence-electron chi connectivity index (χ2n) is 3.32. The number of rotatable bonds is 6. The summed E-state index contributed by atoms with van der Waals surface area (Å²) in [5.41, 5.74) is 5.60. The van der Waals surface area contributed by atoms with E-state index in [0.717, 1.165) is 19.0 Å². The van der Waals surface area contributed by atoms with Crippen LogP contribution in [0.4, 0.5) is 0 Å². The molecule has 0 bridgehead atoms. The number of hydrogen-bond donors (Lipinski definition) is 2. The van der Waals surface area contributed by atoms with Crippen LogP contribution < -0.4 is 11.1 Å². The zero-order valence-corrected chi connectivity index (χ0v) is 8.06. The molecule has 1 unspecified atom stereocenters. The average molecular weight is 158 g/mol. The van der Waals surface area contributed by atoms with E-state index in [4.69, 9.17) is 5.73 Å². The van der Waals surface area contributed by atoms with Crippen molar-refractivity contribution >= 4 is 0 Å². The maximum absolute atomic E-state index is 5.60. The molecule has 0 spiro atoms. The highest BCUT2D eigenvalue weighted by Crippen LogP contribution is 2.04. The van der Waals surface area contributed by atoms with Gasteiger partial charge in [0.1, 0.15) is 0 Å². The van der Waals surface area contributed by atoms with E-state index >= 15 is 0 Å². The van der Waals surface area contributed by atoms with E-state index in [0.29, 0.717) is 0 Å². The molecule has 0 fully saturated rings. The molecule has 1 atom stereocenters. The maximum Gasteiger partial charge on any atom is 0.0136 e. The van der Waals surface area contributed by atoms with Crippen molar-refractivity contribution in [3.63, 3.8) is 0 Å². The van der Waals surface area contributed by atoms with Crippen molar-refractivity contribution in [1.29, 1.82) is 0 Å². The van der Waals surface area contributed by atoms with Gasteiger partial charge < -0.3 is 11.1 Å². The molecule has 0 radical (unpaired) electrons. The molecule has 0 aliphatic rings. The summed E-state index contributed by atoms with van der Waals surface area (Å²) in [6.07, 6.45) is 2.53. The Morgan fingerprint density at radius 3 is 2.09 bits per heavy atom. The van der Waals surface area contributed by atoms with Crippen LogP contribution in [0.15, 0.2) is 0 Å². The van der Waals surface area contributed by atoms with Crippen LogP contribution in [0, 0.1) is 5.92 Å². The van der Waals surface area contributed by atoms with Crippen molar-refractivity contribution in [3.05, 3.63) is 0 Å². The lowest BCUT2D eigenvalue weighted by Crippen LogP contribution is -2.33. The predicted molar refractivity (Wildman–Crippen MR) is 50.6 cm³/mol. The van der Waals surface area contributed by atoms with Gasteiger partial charge in [-0.2, -0.15) is 0 Å². The molecule has 3 N–H and O–H groups in total. The number of hydrogen-bond acceptors (Lipinski definition) is 2. The quantitative estimate of drug-likeness (QED) is 0.612. The van der Waals surface area contributed by atoms with Gasteiger partial charge in [0.25, 0.3) is 0 Å². The fraction of sp³-hybridized carbons (Fsp3) is 1.00. The molecule has 0 amide bonds. The first-order chi connectivity index (χ1) is 5.20. The molecule has 11 heavy (non-hydrogen) atoms. The molecule has 0 aliphatic heterocycles. The van der Waals surface area contributed by atoms with Gasteiger partial charge in [-0.3, -0.25) is 0 Å². The van der Waals surface area contributed by atoms with Crippen LogP contribution in [0.5, 0.6) is 0 Å². The first-order valence-corrected chi connectivity index (χ1v) is 4.66. The van der Waals surface area contributed by atoms with Gasteiger partial charge in [0.2, 0.25) is 0 Å². The monoisotopic (exact) mass is 158 g/mol. The molecule has 0 saturated heterocycles. The van der Waals surface area contributed by atoms with Gasteiger partial charge in [-0.15, -0.1) is 0 Å². The zero-order chi connectivity index (χ0) is 8.69. The highest BCUT2D eigenvalue weighted by atomic mass is 14.9. The standard InChI is InChI=1S/C9H22N2/c1-4-9(5-2)7-11-6-8(3)10/h8-9,11H,4-7,10H2,1-3H3. The maximum atomic E-state index is 5.60. The first kappa shape index (κ1) is 10.9. The summed E-state index contributed by atoms with van der Waals surface area (Å²) in [5, 5.41) is 3.36. The molecular weight excluding hydrogens is 136 g/mol. The van der Waals surface area contributed by atoms with Crippen LogP contribution in [-0.2, 0) is 0 Å². The summed E-state index contributed by atoms with van der Waals surface area (Å²) < 4.78 is 0. The van der Waals surface area contributed by atoms with Crippen LogP contribution in [0.3, 0.4) is 0 Å². The summed E-state index contributed by atoms with van der Waals surface area (Å²) in [4.78, 5) is 0. The Morgan fingerprint density at radius 1 is 1.18 bits per heavy atom. The predicted octanol–water partition coefficient (Wildman–Crippen LogP) is 1.36. The van der Waals surface area contributed by atoms with Crippen LogP contribution in [-0.4, -0.2) is 19.1 Å². The Labute approximate surface area is 70.5 Å². The van der Waals surface area contributed by atoms with Crippen molar-refractivity contribution in [2.75, 3.05) is 13.1 Å². The fourth-order valence-electron chi connectivity index (χ4n) is 1.09. The van der Waals surface area contributed by atoms with Gasteiger partial charge in [-0.1, -0.05) is 26.7 Å². The molecule has 0 aromatic rings. The lowest BCUT2D eigenvalue weighted by Gasteiger charge is -2.14. The molecule has 0 aromatic carbocycles. The molecule has 0 aliphatic carbocycles. The SMILES string of the molecule is CCC(CC)CNCC(C)N. The average Bonchev–Trinajstić information content (AvgIpc) is 1.98. The summed E-state index contributed by atoms with van der Waals surface area (Å²) in [7, 11) is 0. The van der Waals surface area contributed by atoms with Gasteiger partial charge in [0.05, 0.1) is 0 Å². The zero-order valence-electron chi connectivity index (χ0n) is 8.06. The van der Waals surface area contributed by atoms with Crippen LogP contribution in [0.2, 0.25) is 0 Å². The van der Waals surface area contributed by atoms with E-state index in [1.165, 1.54) is 12.8 Å². The third-order valence-corrected chi connectivity index (χ3v) is 2.05. The second-order valence-corrected chi connectivity index (χ2v) is 3.32. The van der Waals surface area contributed by atoms with Gasteiger partial charge in [-0.05, 0) is 19.4 Å². The van der Waals surface area contributed by atoms with E-state index in [9.17, 15) is 0 Å². The molecule has 0 rings (SSSR count). The third-order valence-electron chi connectivity index (χ3n) is 2.05. The number of nitrogens with two attached hydrogens (primary N) is 1. The smallest absolute Gasteiger partial charge is 0.0136 e. The highest BCUT2D eigenvalue weighted by Gasteiger charge is 2.02. The van der Waals surface area contributed by atoms with Crippen molar-refractivity contribution in [1.82, 2.24) is 5.32 Å². The highest BCUT2D eigenvalue weighted by molar-refractivity contribution is 4.62. The Hall–Kier alpha value is -0.0800. The summed E-state index contributed by atoms with van der Waals surface area (Å²) in [6.45, 7) is 8.56. The Balaban J connectivity index is 3.21. The van der Waals surface area contributed by atoms with E-state index < -0.39 is 0 Å². The van der Waals surface area contributed by atoms with Gasteiger partial charge >= 0.3 is 0 Å². The molecule has 68 valence electrons. The summed E-state index contributed by atoms with van der Waals surface area (Å²) in [6, 6.07) is 0.282. The number of nitrogens with one attached hydrogen (secondary N) is 1. The lowest BCUT2D eigenvalue weighted by atomic mass is 10.0. The largest absolute Gasteiger partial charge is 0.327 e. The first-order valence-electron chi connectivity index (χ1n) is 4.66. The van der Waals surface area contributed by atoms with E-state index in [-0.39, 0.29) is 6.04 Å². The summed E-state index contributed by atoms with van der Waals surface area (Å²) >= 11 is 0. The van der Waals surface area contributed by atoms with E-state index in [1.807, 2.05) is 6.92 Å². The van der Waals surface area contributed by atoms with Gasteiger partial charge in [0.15, 0.2) is 0 Å². The normalized spacial score (nSPS) is 13.9. The molecule has 0 heterocycles. The van der Waals surface area contributed by atoms with Crippen LogP contribution >= 0.6 is 0 Å². The Bertz CT molecular complexity index is 77.6. The third kappa shape index (κ3) is 6.32. The van der Waals surface area contributed by atoms with Crippen molar-refractivity contribution in [2.24, 2.45) is 11.7 Å². The topological polar surface area (TPSA) is 38.0 Å². The molecule has 0 aromatic heterocycles. The minimum absolute atomic E-state index is 0.282. The second kappa shape index (κ2) is 6.62. The van der Waals surface area contributed by atoms with Crippen molar-refractivity contribution in [3.8, 4) is 0 Å². The van der Waals surface area contributed by atoms with Crippen LogP contribution in [0.1, 0.15) is 33.6 Å². The molecular formula is C9H22N2. The Kier molecular flexibility index (Phi) is 6.57. The van der Waals surface area contributed by atoms with Gasteiger partial charge in [-0.25, -0.2) is 0 Å². The van der Waals surface area contributed by atoms with Crippen LogP contribution in [0.25, 0.3) is 0 Å². The minimum atomic E-state index is 0.282. The summed E-state index contributed by atoms with van der Waals surface area (Å²) in [5.74, 6) is 0.828. The molecule has 2 nitrogen and oxygen atoms in total. The van der Waals surface area contributed by atoms with Gasteiger partial charge in [0, 0.05) is 12.6 Å². The van der Waals surface area contributed by atoms with Crippen molar-refractivity contribution < 1.29 is 0 Å². The van der Waals surface area contributed by atoms with Crippen molar-refractivity contribution in [2.45, 2.75) is 39.7 Å². The van der Waals surface area contributed by atoms with E-state index in [1.54, 1.807) is 0 Å². The molecule has 2 heteroatoms. The fourth-order valence-corrected chi connectivity index (χ4v) is 1.09. The molecule has 0 saturated carbocycles. The minimum Gasteiger partial charge on any atom is -0.327 e.